The predicted octanol–water partition coefficient (Wildman–Crippen LogP) is 2.19. The quantitative estimate of drug-likeness (QED) is 0.814. The average molecular weight is 372 g/mol. The molecule has 2 amide bonds. The number of nitrogens with one attached hydrogen (secondary N) is 1. The average Bonchev–Trinajstić information content (AvgIpc) is 3.32. The number of thiophene rings is 1. The molecule has 26 heavy (non-hydrogen) atoms. The Morgan fingerprint density at radius 1 is 1.15 bits per heavy atom. The molecule has 1 fully saturated rings. The molecule has 1 aromatic carbocycles. The summed E-state index contributed by atoms with van der Waals surface area (Å²) in [6.07, 6.45) is 0.156. The van der Waals surface area contributed by atoms with E-state index in [2.05, 4.69) is 5.32 Å². The Labute approximate surface area is 155 Å². The number of rotatable bonds is 6. The van der Waals surface area contributed by atoms with Gasteiger partial charge in [-0.2, -0.15) is 11.3 Å². The van der Waals surface area contributed by atoms with Gasteiger partial charge in [0.15, 0.2) is 0 Å². The summed E-state index contributed by atoms with van der Waals surface area (Å²) in [4.78, 5) is 37.5. The zero-order chi connectivity index (χ0) is 18.5. The summed E-state index contributed by atoms with van der Waals surface area (Å²) in [6, 6.07) is 11.2. The highest BCUT2D eigenvalue weighted by molar-refractivity contribution is 7.08. The first-order valence-corrected chi connectivity index (χ1v) is 9.36. The summed E-state index contributed by atoms with van der Waals surface area (Å²) in [5.74, 6) is -2.05. The Hall–Kier alpha value is -2.67. The number of nitrogens with zero attached hydrogens (tertiary/aromatic N) is 1. The molecule has 2 unspecified atom stereocenters. The second-order valence-corrected chi connectivity index (χ2v) is 7.06. The Morgan fingerprint density at radius 3 is 2.58 bits per heavy atom. The molecule has 6 nitrogen and oxygen atoms in total. The number of carboxylic acids is 1. The molecule has 0 aliphatic carbocycles. The van der Waals surface area contributed by atoms with Crippen molar-refractivity contribution < 1.29 is 19.5 Å². The fourth-order valence-corrected chi connectivity index (χ4v) is 3.87. The lowest BCUT2D eigenvalue weighted by atomic mass is 9.89. The van der Waals surface area contributed by atoms with Gasteiger partial charge in [-0.15, -0.1) is 0 Å². The summed E-state index contributed by atoms with van der Waals surface area (Å²) in [6.45, 7) is 0.822. The first-order valence-electron chi connectivity index (χ1n) is 8.42. The standard InChI is InChI=1S/C19H20N2O4S/c22-17(6-8-20-18(23)14-7-9-26-12-14)21-10-15(16(11-21)19(24)25)13-4-2-1-3-5-13/h1-5,7,9,12,15-16H,6,8,10-11H2,(H,20,23)(H,24,25). The molecule has 0 saturated carbocycles. The van der Waals surface area contributed by atoms with Gasteiger partial charge >= 0.3 is 5.97 Å². The lowest BCUT2D eigenvalue weighted by Gasteiger charge is -2.16. The number of hydrogen-bond donors (Lipinski definition) is 2. The Morgan fingerprint density at radius 2 is 1.92 bits per heavy atom. The number of carbonyl (C=O) groups excluding carboxylic acids is 2. The molecule has 2 aromatic rings. The predicted molar refractivity (Wildman–Crippen MR) is 98.2 cm³/mol. The van der Waals surface area contributed by atoms with Crippen LogP contribution in [0.4, 0.5) is 0 Å². The summed E-state index contributed by atoms with van der Waals surface area (Å²) in [5.41, 5.74) is 1.51. The third-order valence-corrected chi connectivity index (χ3v) is 5.31. The Kier molecular flexibility index (Phi) is 5.68. The van der Waals surface area contributed by atoms with Crippen LogP contribution in [0.15, 0.2) is 47.2 Å². The zero-order valence-corrected chi connectivity index (χ0v) is 14.9. The maximum Gasteiger partial charge on any atom is 0.308 e. The number of benzene rings is 1. The van der Waals surface area contributed by atoms with E-state index in [-0.39, 0.29) is 37.2 Å². The summed E-state index contributed by atoms with van der Waals surface area (Å²) < 4.78 is 0. The highest BCUT2D eigenvalue weighted by Gasteiger charge is 2.40. The van der Waals surface area contributed by atoms with Crippen LogP contribution >= 0.6 is 11.3 Å². The molecule has 0 spiro atoms. The van der Waals surface area contributed by atoms with Gasteiger partial charge in [-0.3, -0.25) is 14.4 Å². The molecular formula is C19H20N2O4S. The van der Waals surface area contributed by atoms with E-state index in [0.29, 0.717) is 12.1 Å². The van der Waals surface area contributed by atoms with Gasteiger partial charge in [0.1, 0.15) is 0 Å². The number of carbonyl (C=O) groups is 3. The van der Waals surface area contributed by atoms with Crippen LogP contribution in [0.5, 0.6) is 0 Å². The van der Waals surface area contributed by atoms with Gasteiger partial charge in [0.25, 0.3) is 5.91 Å². The van der Waals surface area contributed by atoms with E-state index in [9.17, 15) is 19.5 Å². The number of aliphatic carboxylic acids is 1. The normalized spacial score (nSPS) is 19.3. The van der Waals surface area contributed by atoms with Crippen molar-refractivity contribution in [3.05, 3.63) is 58.3 Å². The van der Waals surface area contributed by atoms with Crippen LogP contribution in [0, 0.1) is 5.92 Å². The van der Waals surface area contributed by atoms with Gasteiger partial charge < -0.3 is 15.3 Å². The maximum atomic E-state index is 12.4. The van der Waals surface area contributed by atoms with E-state index in [0.717, 1.165) is 5.56 Å². The number of amides is 2. The SMILES string of the molecule is O=C(NCCC(=O)N1CC(C(=O)O)C(c2ccccc2)C1)c1ccsc1. The summed E-state index contributed by atoms with van der Waals surface area (Å²) in [7, 11) is 0. The molecule has 7 heteroatoms. The third-order valence-electron chi connectivity index (χ3n) is 4.63. The van der Waals surface area contributed by atoms with Gasteiger partial charge in [-0.25, -0.2) is 0 Å². The van der Waals surface area contributed by atoms with Crippen LogP contribution in [-0.4, -0.2) is 47.4 Å². The van der Waals surface area contributed by atoms with E-state index in [4.69, 9.17) is 0 Å². The largest absolute Gasteiger partial charge is 0.481 e. The molecule has 1 aliphatic rings. The third kappa shape index (κ3) is 4.11. The zero-order valence-electron chi connectivity index (χ0n) is 14.1. The minimum Gasteiger partial charge on any atom is -0.481 e. The van der Waals surface area contributed by atoms with Gasteiger partial charge in [-0.05, 0) is 17.0 Å². The summed E-state index contributed by atoms with van der Waals surface area (Å²) in [5, 5.41) is 15.8. The Balaban J connectivity index is 1.56. The van der Waals surface area contributed by atoms with Crippen LogP contribution in [0.3, 0.4) is 0 Å². The molecule has 2 N–H and O–H groups in total. The molecule has 3 rings (SSSR count). The first kappa shape index (κ1) is 18.1. The van der Waals surface area contributed by atoms with E-state index >= 15 is 0 Å². The van der Waals surface area contributed by atoms with Gasteiger partial charge in [0.2, 0.25) is 5.91 Å². The van der Waals surface area contributed by atoms with Gasteiger partial charge in [-0.1, -0.05) is 30.3 Å². The lowest BCUT2D eigenvalue weighted by molar-refractivity contribution is -0.141. The fraction of sp³-hybridized carbons (Fsp3) is 0.316. The molecule has 1 aromatic heterocycles. The van der Waals surface area contributed by atoms with Crippen molar-refractivity contribution in [1.82, 2.24) is 10.2 Å². The molecule has 0 bridgehead atoms. The monoisotopic (exact) mass is 372 g/mol. The topological polar surface area (TPSA) is 86.7 Å². The lowest BCUT2D eigenvalue weighted by Crippen LogP contribution is -2.33. The molecule has 2 atom stereocenters. The second-order valence-electron chi connectivity index (χ2n) is 6.28. The van der Waals surface area contributed by atoms with Crippen molar-refractivity contribution >= 4 is 29.1 Å². The van der Waals surface area contributed by atoms with Crippen molar-refractivity contribution in [2.45, 2.75) is 12.3 Å². The minimum atomic E-state index is -0.889. The fourth-order valence-electron chi connectivity index (χ4n) is 3.23. The maximum absolute atomic E-state index is 12.4. The van der Waals surface area contributed by atoms with Crippen LogP contribution < -0.4 is 5.32 Å². The van der Waals surface area contributed by atoms with E-state index in [1.807, 2.05) is 35.7 Å². The summed E-state index contributed by atoms with van der Waals surface area (Å²) >= 11 is 1.44. The van der Waals surface area contributed by atoms with Crippen molar-refractivity contribution in [2.24, 2.45) is 5.92 Å². The van der Waals surface area contributed by atoms with E-state index in [1.165, 1.54) is 11.3 Å². The highest BCUT2D eigenvalue weighted by atomic mass is 32.1. The minimum absolute atomic E-state index is 0.139. The van der Waals surface area contributed by atoms with Crippen LogP contribution in [0.25, 0.3) is 0 Å². The molecule has 2 heterocycles. The van der Waals surface area contributed by atoms with Crippen LogP contribution in [-0.2, 0) is 9.59 Å². The first-order chi connectivity index (χ1) is 12.6. The molecule has 1 saturated heterocycles. The van der Waals surface area contributed by atoms with E-state index in [1.54, 1.807) is 16.3 Å². The van der Waals surface area contributed by atoms with Crippen molar-refractivity contribution in [1.29, 1.82) is 0 Å². The molecule has 0 radical (unpaired) electrons. The van der Waals surface area contributed by atoms with Crippen molar-refractivity contribution in [3.63, 3.8) is 0 Å². The molecule has 1 aliphatic heterocycles. The van der Waals surface area contributed by atoms with Gasteiger partial charge in [0.05, 0.1) is 5.92 Å². The van der Waals surface area contributed by atoms with Crippen LogP contribution in [0.1, 0.15) is 28.3 Å². The van der Waals surface area contributed by atoms with E-state index < -0.39 is 11.9 Å². The number of hydrogen-bond acceptors (Lipinski definition) is 4. The van der Waals surface area contributed by atoms with Crippen LogP contribution in [0.2, 0.25) is 0 Å². The highest BCUT2D eigenvalue weighted by Crippen LogP contribution is 2.33. The smallest absolute Gasteiger partial charge is 0.308 e. The number of carboxylic acid groups (broad SMARTS) is 1. The Bertz CT molecular complexity index is 776. The van der Waals surface area contributed by atoms with Crippen molar-refractivity contribution in [3.8, 4) is 0 Å². The van der Waals surface area contributed by atoms with Gasteiger partial charge in [0, 0.05) is 42.9 Å². The molecular weight excluding hydrogens is 352 g/mol. The second kappa shape index (κ2) is 8.14. The number of likely N-dealkylation sites (tertiary alicyclic amines) is 1. The molecule has 136 valence electrons. The van der Waals surface area contributed by atoms with Crippen molar-refractivity contribution in [2.75, 3.05) is 19.6 Å².